The molecule has 0 amide bonds. The van der Waals surface area contributed by atoms with Crippen molar-refractivity contribution in [3.63, 3.8) is 0 Å². The van der Waals surface area contributed by atoms with Crippen LogP contribution in [-0.4, -0.2) is 0 Å². The topological polar surface area (TPSA) is 0 Å². The molecule has 0 atom stereocenters. The van der Waals surface area contributed by atoms with Gasteiger partial charge >= 0.3 is 17.1 Å². The molecule has 0 saturated carbocycles. The van der Waals surface area contributed by atoms with Crippen molar-refractivity contribution < 1.29 is 17.1 Å². The smallest absolute Gasteiger partial charge is 0.179 e. The molecule has 0 saturated heterocycles. The Morgan fingerprint density at radius 2 is 0.769 bits per heavy atom. The van der Waals surface area contributed by atoms with Gasteiger partial charge in [-0.15, -0.1) is 33.4 Å². The Morgan fingerprint density at radius 1 is 0.385 bits per heavy atom. The van der Waals surface area contributed by atoms with Crippen molar-refractivity contribution in [3.05, 3.63) is 168 Å². The molecule has 0 fully saturated rings. The number of hydrogen-bond acceptors (Lipinski definition) is 0. The average Bonchev–Trinajstić information content (AvgIpc) is 3.57. The van der Waals surface area contributed by atoms with Crippen LogP contribution >= 0.6 is 0 Å². The van der Waals surface area contributed by atoms with Crippen molar-refractivity contribution >= 4 is 0 Å². The maximum Gasteiger partial charge on any atom is 2.00 e. The van der Waals surface area contributed by atoms with Gasteiger partial charge in [-0.3, -0.25) is 0 Å². The minimum atomic E-state index is 0. The number of benzene rings is 6. The van der Waals surface area contributed by atoms with E-state index in [9.17, 15) is 0 Å². The van der Waals surface area contributed by atoms with E-state index in [1.54, 1.807) is 0 Å². The third-order valence-corrected chi connectivity index (χ3v) is 7.63. The molecule has 6 aromatic rings. The first-order chi connectivity index (χ1) is 18.9. The Bertz CT molecular complexity index is 1620. The van der Waals surface area contributed by atoms with Gasteiger partial charge in [0, 0.05) is 0 Å². The number of hydrogen-bond donors (Lipinski definition) is 0. The molecule has 0 radical (unpaired) electrons. The molecule has 0 nitrogen and oxygen atoms in total. The molecule has 0 spiro atoms. The van der Waals surface area contributed by atoms with Crippen LogP contribution in [0.5, 0.6) is 0 Å². The molecule has 8 rings (SSSR count). The molecule has 2 aliphatic rings. The normalized spacial score (nSPS) is 11.7. The fraction of sp³-hybridized carbons (Fsp3) is 0.0526. The predicted octanol–water partition coefficient (Wildman–Crippen LogP) is 9.45. The Labute approximate surface area is 241 Å². The molecule has 6 aromatic carbocycles. The van der Waals surface area contributed by atoms with E-state index < -0.39 is 0 Å². The quantitative estimate of drug-likeness (QED) is 0.152. The van der Waals surface area contributed by atoms with E-state index in [0.717, 1.165) is 12.8 Å². The second kappa shape index (κ2) is 10.9. The zero-order chi connectivity index (χ0) is 25.3. The SMILES string of the molecule is [Fe+2].[c-]1ccc(-c2ccccc2)c2c1Cc1ccccc1-2.[c-]1ccc(-c2ccccc2)c2c1Cc1ccccc1-2. The van der Waals surface area contributed by atoms with Crippen LogP contribution in [0.4, 0.5) is 0 Å². The van der Waals surface area contributed by atoms with Gasteiger partial charge in [0.1, 0.15) is 0 Å². The van der Waals surface area contributed by atoms with Crippen LogP contribution in [-0.2, 0) is 29.9 Å². The first-order valence-electron chi connectivity index (χ1n) is 13.2. The van der Waals surface area contributed by atoms with Crippen LogP contribution in [0, 0.1) is 12.1 Å². The summed E-state index contributed by atoms with van der Waals surface area (Å²) in [5.41, 5.74) is 16.1. The Morgan fingerprint density at radius 3 is 1.21 bits per heavy atom. The van der Waals surface area contributed by atoms with Gasteiger partial charge in [0.2, 0.25) is 0 Å². The van der Waals surface area contributed by atoms with Crippen LogP contribution in [0.25, 0.3) is 44.5 Å². The van der Waals surface area contributed by atoms with E-state index in [-0.39, 0.29) is 17.1 Å². The van der Waals surface area contributed by atoms with Crippen LogP contribution < -0.4 is 0 Å². The van der Waals surface area contributed by atoms with Gasteiger partial charge in [-0.1, -0.05) is 131 Å². The van der Waals surface area contributed by atoms with Gasteiger partial charge in [-0.2, -0.15) is 36.4 Å². The van der Waals surface area contributed by atoms with Gasteiger partial charge in [0.05, 0.1) is 0 Å². The van der Waals surface area contributed by atoms with Crippen molar-refractivity contribution in [1.29, 1.82) is 0 Å². The van der Waals surface area contributed by atoms with Crippen molar-refractivity contribution in [2.75, 3.05) is 0 Å². The summed E-state index contributed by atoms with van der Waals surface area (Å²) >= 11 is 0. The maximum atomic E-state index is 3.41. The zero-order valence-corrected chi connectivity index (χ0v) is 22.6. The predicted molar refractivity (Wildman–Crippen MR) is 158 cm³/mol. The van der Waals surface area contributed by atoms with Crippen molar-refractivity contribution in [3.8, 4) is 44.5 Å². The summed E-state index contributed by atoms with van der Waals surface area (Å²) in [5.74, 6) is 0. The second-order valence-corrected chi connectivity index (χ2v) is 9.89. The molecule has 186 valence electrons. The Hall–Kier alpha value is -4.16. The molecular weight excluding hydrogens is 512 g/mol. The first-order valence-corrected chi connectivity index (χ1v) is 13.2. The molecule has 2 aliphatic carbocycles. The van der Waals surface area contributed by atoms with E-state index in [0.29, 0.717) is 0 Å². The summed E-state index contributed by atoms with van der Waals surface area (Å²) in [6.45, 7) is 0. The van der Waals surface area contributed by atoms with Crippen LogP contribution in [0.2, 0.25) is 0 Å². The molecule has 0 heterocycles. The summed E-state index contributed by atoms with van der Waals surface area (Å²) < 4.78 is 0. The molecule has 0 aromatic heterocycles. The fourth-order valence-corrected chi connectivity index (χ4v) is 5.92. The molecule has 0 N–H and O–H groups in total. The number of fused-ring (bicyclic) bond motifs is 6. The van der Waals surface area contributed by atoms with E-state index in [4.69, 9.17) is 0 Å². The summed E-state index contributed by atoms with van der Waals surface area (Å²) in [5, 5.41) is 0. The summed E-state index contributed by atoms with van der Waals surface area (Å²) in [4.78, 5) is 0. The zero-order valence-electron chi connectivity index (χ0n) is 21.5. The van der Waals surface area contributed by atoms with Crippen LogP contribution in [0.1, 0.15) is 22.3 Å². The molecule has 0 unspecified atom stereocenters. The third-order valence-electron chi connectivity index (χ3n) is 7.63. The summed E-state index contributed by atoms with van der Waals surface area (Å²) in [7, 11) is 0. The standard InChI is InChI=1S/2C19H13.Fe/c2*1-2-7-14(8-3-1)17-12-6-10-16-13-15-9-4-5-11-18(15)19(16)17;/h2*1-9,11-12H,13H2;/q2*-1;+2. The molecule has 0 bridgehead atoms. The van der Waals surface area contributed by atoms with Crippen LogP contribution in [0.3, 0.4) is 0 Å². The Balaban J connectivity index is 0.000000138. The van der Waals surface area contributed by atoms with Gasteiger partial charge in [0.25, 0.3) is 0 Å². The van der Waals surface area contributed by atoms with Gasteiger partial charge in [-0.25, -0.2) is 0 Å². The van der Waals surface area contributed by atoms with E-state index in [1.165, 1.54) is 66.8 Å². The van der Waals surface area contributed by atoms with Gasteiger partial charge < -0.3 is 0 Å². The summed E-state index contributed by atoms with van der Waals surface area (Å²) in [6.07, 6.45) is 2.01. The molecule has 39 heavy (non-hydrogen) atoms. The maximum absolute atomic E-state index is 3.41. The minimum absolute atomic E-state index is 0. The van der Waals surface area contributed by atoms with E-state index in [2.05, 4.69) is 133 Å². The second-order valence-electron chi connectivity index (χ2n) is 9.89. The summed E-state index contributed by atoms with van der Waals surface area (Å²) in [6, 6.07) is 53.8. The monoisotopic (exact) mass is 538 g/mol. The fourth-order valence-electron chi connectivity index (χ4n) is 5.92. The minimum Gasteiger partial charge on any atom is -0.179 e. The molecular formula is C38H26Fe. The van der Waals surface area contributed by atoms with E-state index >= 15 is 0 Å². The largest absolute Gasteiger partial charge is 2.00 e. The Kier molecular flexibility index (Phi) is 7.03. The third kappa shape index (κ3) is 4.66. The van der Waals surface area contributed by atoms with E-state index in [1.807, 2.05) is 12.1 Å². The van der Waals surface area contributed by atoms with Crippen molar-refractivity contribution in [1.82, 2.24) is 0 Å². The van der Waals surface area contributed by atoms with Crippen molar-refractivity contribution in [2.45, 2.75) is 12.8 Å². The average molecular weight is 538 g/mol. The van der Waals surface area contributed by atoms with Crippen LogP contribution in [0.15, 0.2) is 133 Å². The molecule has 0 aliphatic heterocycles. The number of rotatable bonds is 2. The van der Waals surface area contributed by atoms with Crippen molar-refractivity contribution in [2.24, 2.45) is 0 Å². The van der Waals surface area contributed by atoms with Gasteiger partial charge in [0.15, 0.2) is 0 Å². The molecule has 1 heteroatoms. The first kappa shape index (κ1) is 25.1. The van der Waals surface area contributed by atoms with Gasteiger partial charge in [-0.05, 0) is 24.0 Å².